The van der Waals surface area contributed by atoms with Crippen LogP contribution in [0.5, 0.6) is 0 Å². The lowest BCUT2D eigenvalue weighted by atomic mass is 10.2. The van der Waals surface area contributed by atoms with Gasteiger partial charge in [0.05, 0.1) is 6.54 Å². The zero-order chi connectivity index (χ0) is 19.2. The summed E-state index contributed by atoms with van der Waals surface area (Å²) in [5, 5.41) is 10.3. The van der Waals surface area contributed by atoms with Crippen molar-refractivity contribution < 1.29 is 17.7 Å². The van der Waals surface area contributed by atoms with Crippen LogP contribution in [0.3, 0.4) is 0 Å². The molecule has 7 nitrogen and oxygen atoms in total. The van der Waals surface area contributed by atoms with Crippen LogP contribution in [-0.4, -0.2) is 66.4 Å². The number of rotatable bonds is 7. The van der Waals surface area contributed by atoms with Crippen LogP contribution in [0.1, 0.15) is 44.3 Å². The smallest absolute Gasteiger partial charge is 0.356 e. The van der Waals surface area contributed by atoms with Gasteiger partial charge in [0.2, 0.25) is 5.89 Å². The third kappa shape index (κ3) is 6.81. The van der Waals surface area contributed by atoms with Gasteiger partial charge in [0.15, 0.2) is 11.8 Å². The van der Waals surface area contributed by atoms with Gasteiger partial charge in [-0.05, 0) is 12.8 Å². The molecule has 0 saturated carbocycles. The summed E-state index contributed by atoms with van der Waals surface area (Å²) in [6, 6.07) is -0.0342. The summed E-state index contributed by atoms with van der Waals surface area (Å²) >= 11 is 0. The predicted molar refractivity (Wildman–Crippen MR) is 92.1 cm³/mol. The third-order valence-electron chi connectivity index (χ3n) is 4.10. The van der Waals surface area contributed by atoms with Crippen LogP contribution >= 0.6 is 0 Å². The molecule has 0 radical (unpaired) electrons. The Bertz CT molecular complexity index is 587. The van der Waals surface area contributed by atoms with Crippen LogP contribution in [0.4, 0.5) is 13.2 Å². The van der Waals surface area contributed by atoms with E-state index in [2.05, 4.69) is 25.8 Å². The molecule has 148 valence electrons. The molecule has 0 aromatic carbocycles. The maximum Gasteiger partial charge on any atom is 0.401 e. The fraction of sp³-hybridized carbons (Fsp3) is 0.812. The fourth-order valence-electron chi connectivity index (χ4n) is 2.79. The number of hydrogen-bond donors (Lipinski definition) is 2. The third-order valence-corrected chi connectivity index (χ3v) is 4.10. The van der Waals surface area contributed by atoms with Crippen LogP contribution in [0, 0.1) is 0 Å². The average molecular weight is 376 g/mol. The highest BCUT2D eigenvalue weighted by Crippen LogP contribution is 2.19. The minimum absolute atomic E-state index is 0.0342. The number of nitrogens with one attached hydrogen (secondary N) is 2. The molecule has 1 unspecified atom stereocenters. The number of aromatic nitrogens is 2. The van der Waals surface area contributed by atoms with Crippen molar-refractivity contribution in [2.24, 2.45) is 4.99 Å². The second kappa shape index (κ2) is 9.20. The normalized spacial score (nSPS) is 19.3. The van der Waals surface area contributed by atoms with Crippen LogP contribution in [-0.2, 0) is 6.42 Å². The Morgan fingerprint density at radius 1 is 1.42 bits per heavy atom. The van der Waals surface area contributed by atoms with E-state index in [4.69, 9.17) is 4.52 Å². The fourth-order valence-corrected chi connectivity index (χ4v) is 2.79. The van der Waals surface area contributed by atoms with E-state index in [1.807, 2.05) is 13.8 Å². The molecule has 1 atom stereocenters. The Hall–Kier alpha value is -1.84. The Labute approximate surface area is 151 Å². The molecule has 0 spiro atoms. The van der Waals surface area contributed by atoms with Crippen molar-refractivity contribution in [2.45, 2.75) is 51.2 Å². The average Bonchev–Trinajstić information content (AvgIpc) is 3.18. The van der Waals surface area contributed by atoms with E-state index in [0.717, 1.165) is 6.42 Å². The molecule has 2 heterocycles. The van der Waals surface area contributed by atoms with Crippen molar-refractivity contribution in [3.05, 3.63) is 11.7 Å². The molecule has 10 heteroatoms. The summed E-state index contributed by atoms with van der Waals surface area (Å²) in [5.74, 6) is 2.14. The number of halogens is 3. The van der Waals surface area contributed by atoms with Crippen LogP contribution in [0.15, 0.2) is 9.52 Å². The van der Waals surface area contributed by atoms with Crippen molar-refractivity contribution in [2.75, 3.05) is 33.2 Å². The molecule has 1 fully saturated rings. The van der Waals surface area contributed by atoms with E-state index in [0.29, 0.717) is 50.2 Å². The van der Waals surface area contributed by atoms with Crippen LogP contribution in [0.2, 0.25) is 0 Å². The first-order valence-electron chi connectivity index (χ1n) is 8.85. The predicted octanol–water partition coefficient (Wildman–Crippen LogP) is 1.93. The number of hydrogen-bond acceptors (Lipinski definition) is 5. The Morgan fingerprint density at radius 2 is 2.19 bits per heavy atom. The molecular formula is C16H27F3N6O. The SMILES string of the molecule is CN=C(NCCCc1nc(C(C)C)no1)NC1CCN(CC(F)(F)F)C1. The first-order chi connectivity index (χ1) is 12.3. The number of likely N-dealkylation sites (tertiary alicyclic amines) is 1. The number of aliphatic imine (C=N–C) groups is 1. The lowest BCUT2D eigenvalue weighted by Crippen LogP contribution is -2.45. The quantitative estimate of drug-likeness (QED) is 0.430. The second-order valence-electron chi connectivity index (χ2n) is 6.78. The second-order valence-corrected chi connectivity index (χ2v) is 6.78. The Balaban J connectivity index is 1.66. The van der Waals surface area contributed by atoms with Gasteiger partial charge in [-0.3, -0.25) is 9.89 Å². The first-order valence-corrected chi connectivity index (χ1v) is 8.85. The number of guanidine groups is 1. The summed E-state index contributed by atoms with van der Waals surface area (Å²) in [4.78, 5) is 9.85. The van der Waals surface area contributed by atoms with Crippen molar-refractivity contribution >= 4 is 5.96 Å². The molecule has 0 aliphatic carbocycles. The number of alkyl halides is 3. The Morgan fingerprint density at radius 3 is 2.81 bits per heavy atom. The number of aryl methyl sites for hydroxylation is 1. The van der Waals surface area contributed by atoms with Crippen LogP contribution in [0.25, 0.3) is 0 Å². The molecule has 1 saturated heterocycles. The topological polar surface area (TPSA) is 78.6 Å². The zero-order valence-electron chi connectivity index (χ0n) is 15.4. The van der Waals surface area contributed by atoms with E-state index >= 15 is 0 Å². The summed E-state index contributed by atoms with van der Waals surface area (Å²) in [6.45, 7) is 4.59. The summed E-state index contributed by atoms with van der Waals surface area (Å²) in [6.07, 6.45) is -2.05. The molecule has 1 aliphatic rings. The lowest BCUT2D eigenvalue weighted by molar-refractivity contribution is -0.143. The molecule has 1 aliphatic heterocycles. The standard InChI is InChI=1S/C16H27F3N6O/c1-11(2)14-23-13(26-24-14)5-4-7-21-15(20-3)22-12-6-8-25(9-12)10-16(17,18)19/h11-12H,4-10H2,1-3H3,(H2,20,21,22). The van der Waals surface area contributed by atoms with Gasteiger partial charge in [0, 0.05) is 45.1 Å². The highest BCUT2D eigenvalue weighted by atomic mass is 19.4. The molecule has 1 aromatic heterocycles. The van der Waals surface area contributed by atoms with E-state index in [1.165, 1.54) is 4.90 Å². The largest absolute Gasteiger partial charge is 0.401 e. The highest BCUT2D eigenvalue weighted by molar-refractivity contribution is 5.79. The van der Waals surface area contributed by atoms with Gasteiger partial charge in [-0.25, -0.2) is 0 Å². The minimum Gasteiger partial charge on any atom is -0.356 e. The van der Waals surface area contributed by atoms with Crippen LogP contribution < -0.4 is 10.6 Å². The molecule has 0 bridgehead atoms. The van der Waals surface area contributed by atoms with Crippen molar-refractivity contribution in [3.63, 3.8) is 0 Å². The molecule has 1 aromatic rings. The highest BCUT2D eigenvalue weighted by Gasteiger charge is 2.34. The van der Waals surface area contributed by atoms with Gasteiger partial charge in [-0.15, -0.1) is 0 Å². The van der Waals surface area contributed by atoms with Crippen molar-refractivity contribution in [1.82, 2.24) is 25.7 Å². The van der Waals surface area contributed by atoms with E-state index in [-0.39, 0.29) is 12.0 Å². The van der Waals surface area contributed by atoms with E-state index in [9.17, 15) is 13.2 Å². The van der Waals surface area contributed by atoms with Gasteiger partial charge >= 0.3 is 6.18 Å². The first kappa shape index (κ1) is 20.5. The summed E-state index contributed by atoms with van der Waals surface area (Å²) in [5.41, 5.74) is 0. The molecule has 26 heavy (non-hydrogen) atoms. The summed E-state index contributed by atoms with van der Waals surface area (Å²) < 4.78 is 42.5. The molecule has 2 rings (SSSR count). The van der Waals surface area contributed by atoms with Gasteiger partial charge in [0.25, 0.3) is 0 Å². The molecule has 0 amide bonds. The molecular weight excluding hydrogens is 349 g/mol. The monoisotopic (exact) mass is 376 g/mol. The molecule has 2 N–H and O–H groups in total. The lowest BCUT2D eigenvalue weighted by Gasteiger charge is -2.19. The van der Waals surface area contributed by atoms with Crippen molar-refractivity contribution in [1.29, 1.82) is 0 Å². The Kier molecular flexibility index (Phi) is 7.24. The van der Waals surface area contributed by atoms with E-state index < -0.39 is 12.7 Å². The van der Waals surface area contributed by atoms with Gasteiger partial charge in [-0.2, -0.15) is 18.2 Å². The summed E-state index contributed by atoms with van der Waals surface area (Å²) in [7, 11) is 1.64. The maximum atomic E-state index is 12.4. The van der Waals surface area contributed by atoms with Crippen molar-refractivity contribution in [3.8, 4) is 0 Å². The van der Waals surface area contributed by atoms with Gasteiger partial charge in [-0.1, -0.05) is 19.0 Å². The maximum absolute atomic E-state index is 12.4. The minimum atomic E-state index is -4.15. The van der Waals surface area contributed by atoms with Gasteiger partial charge in [0.1, 0.15) is 0 Å². The number of nitrogens with zero attached hydrogens (tertiary/aromatic N) is 4. The van der Waals surface area contributed by atoms with E-state index in [1.54, 1.807) is 7.05 Å². The van der Waals surface area contributed by atoms with Gasteiger partial charge < -0.3 is 15.2 Å². The zero-order valence-corrected chi connectivity index (χ0v) is 15.4.